The molecule has 2 aliphatic heterocycles. The summed E-state index contributed by atoms with van der Waals surface area (Å²) in [6, 6.07) is 13.7. The minimum atomic E-state index is 0.0405. The SMILES string of the molecule is O=C(c1ccccc1OC1CCN(Cc2ccccn2)CC1)N1CCCOCC1. The number of ether oxygens (including phenoxy) is 2. The van der Waals surface area contributed by atoms with Crippen molar-refractivity contribution in [3.63, 3.8) is 0 Å². The summed E-state index contributed by atoms with van der Waals surface area (Å²) in [5.41, 5.74) is 1.76. The van der Waals surface area contributed by atoms with Crippen LogP contribution in [0.5, 0.6) is 5.75 Å². The van der Waals surface area contributed by atoms with Crippen molar-refractivity contribution < 1.29 is 14.3 Å². The molecule has 0 unspecified atom stereocenters. The quantitative estimate of drug-likeness (QED) is 0.779. The predicted molar refractivity (Wildman–Crippen MR) is 111 cm³/mol. The van der Waals surface area contributed by atoms with Gasteiger partial charge in [-0.15, -0.1) is 0 Å². The van der Waals surface area contributed by atoms with Crippen molar-refractivity contribution in [1.29, 1.82) is 0 Å². The van der Waals surface area contributed by atoms with Crippen molar-refractivity contribution >= 4 is 5.91 Å². The van der Waals surface area contributed by atoms with Crippen molar-refractivity contribution in [3.05, 3.63) is 59.9 Å². The molecular weight excluding hydrogens is 366 g/mol. The van der Waals surface area contributed by atoms with E-state index in [1.165, 1.54) is 0 Å². The summed E-state index contributed by atoms with van der Waals surface area (Å²) in [6.07, 6.45) is 4.76. The van der Waals surface area contributed by atoms with Crippen LogP contribution in [0.3, 0.4) is 0 Å². The van der Waals surface area contributed by atoms with Crippen LogP contribution in [0, 0.1) is 0 Å². The Morgan fingerprint density at radius 3 is 2.69 bits per heavy atom. The highest BCUT2D eigenvalue weighted by atomic mass is 16.5. The molecule has 2 saturated heterocycles. The summed E-state index contributed by atoms with van der Waals surface area (Å²) < 4.78 is 11.8. The summed E-state index contributed by atoms with van der Waals surface area (Å²) in [7, 11) is 0. The molecule has 1 aromatic carbocycles. The van der Waals surface area contributed by atoms with E-state index in [1.54, 1.807) is 0 Å². The molecule has 1 amide bonds. The molecule has 2 fully saturated rings. The van der Waals surface area contributed by atoms with Crippen LogP contribution in [0.1, 0.15) is 35.3 Å². The van der Waals surface area contributed by atoms with Gasteiger partial charge >= 0.3 is 0 Å². The number of benzene rings is 1. The van der Waals surface area contributed by atoms with Crippen LogP contribution in [-0.4, -0.2) is 66.2 Å². The predicted octanol–water partition coefficient (Wildman–Crippen LogP) is 2.99. The second-order valence-corrected chi connectivity index (χ2v) is 7.67. The maximum absolute atomic E-state index is 13.0. The molecule has 3 heterocycles. The lowest BCUT2D eigenvalue weighted by Gasteiger charge is -2.32. The number of carbonyl (C=O) groups excluding carboxylic acids is 1. The largest absolute Gasteiger partial charge is 0.489 e. The number of nitrogens with zero attached hydrogens (tertiary/aromatic N) is 3. The number of aromatic nitrogens is 1. The average Bonchev–Trinajstić information content (AvgIpc) is 3.05. The van der Waals surface area contributed by atoms with Gasteiger partial charge in [-0.3, -0.25) is 14.7 Å². The lowest BCUT2D eigenvalue weighted by Crippen LogP contribution is -2.38. The van der Waals surface area contributed by atoms with Gasteiger partial charge in [-0.05, 0) is 43.5 Å². The van der Waals surface area contributed by atoms with E-state index in [-0.39, 0.29) is 12.0 Å². The molecule has 154 valence electrons. The minimum absolute atomic E-state index is 0.0405. The Kier molecular flexibility index (Phi) is 6.75. The van der Waals surface area contributed by atoms with Crippen LogP contribution in [0.4, 0.5) is 0 Å². The molecule has 6 heteroatoms. The zero-order valence-electron chi connectivity index (χ0n) is 16.8. The fraction of sp³-hybridized carbons (Fsp3) is 0.478. The third kappa shape index (κ3) is 5.34. The molecule has 0 N–H and O–H groups in total. The number of piperidine rings is 1. The zero-order valence-corrected chi connectivity index (χ0v) is 16.8. The van der Waals surface area contributed by atoms with E-state index in [1.807, 2.05) is 47.5 Å². The third-order valence-electron chi connectivity index (χ3n) is 5.57. The van der Waals surface area contributed by atoms with Crippen molar-refractivity contribution in [2.24, 2.45) is 0 Å². The van der Waals surface area contributed by atoms with E-state index in [0.29, 0.717) is 24.5 Å². The Bertz CT molecular complexity index is 783. The molecule has 1 aromatic heterocycles. The Hall–Kier alpha value is -2.44. The van der Waals surface area contributed by atoms with E-state index >= 15 is 0 Å². The number of amides is 1. The van der Waals surface area contributed by atoms with Gasteiger partial charge in [0.15, 0.2) is 0 Å². The highest BCUT2D eigenvalue weighted by Gasteiger charge is 2.25. The van der Waals surface area contributed by atoms with Gasteiger partial charge in [0.25, 0.3) is 5.91 Å². The van der Waals surface area contributed by atoms with Crippen LogP contribution in [0.2, 0.25) is 0 Å². The molecule has 0 aliphatic carbocycles. The number of carbonyl (C=O) groups is 1. The number of para-hydroxylation sites is 1. The Balaban J connectivity index is 1.35. The van der Waals surface area contributed by atoms with E-state index in [2.05, 4.69) is 16.0 Å². The first-order chi connectivity index (χ1) is 14.3. The van der Waals surface area contributed by atoms with E-state index < -0.39 is 0 Å². The molecule has 29 heavy (non-hydrogen) atoms. The van der Waals surface area contributed by atoms with Gasteiger partial charge in [-0.25, -0.2) is 0 Å². The molecule has 2 aromatic rings. The van der Waals surface area contributed by atoms with Gasteiger partial charge in [0, 0.05) is 45.5 Å². The van der Waals surface area contributed by atoms with Gasteiger partial charge in [0.2, 0.25) is 0 Å². The molecule has 0 atom stereocenters. The second kappa shape index (κ2) is 9.85. The summed E-state index contributed by atoms with van der Waals surface area (Å²) in [5.74, 6) is 0.740. The number of rotatable bonds is 5. The van der Waals surface area contributed by atoms with Gasteiger partial charge in [0.05, 0.1) is 17.9 Å². The Morgan fingerprint density at radius 2 is 1.86 bits per heavy atom. The molecule has 0 radical (unpaired) electrons. The first-order valence-electron chi connectivity index (χ1n) is 10.5. The normalized spacial score (nSPS) is 19.0. The van der Waals surface area contributed by atoms with Crippen LogP contribution >= 0.6 is 0 Å². The van der Waals surface area contributed by atoms with Gasteiger partial charge < -0.3 is 14.4 Å². The first-order valence-corrected chi connectivity index (χ1v) is 10.5. The molecule has 0 spiro atoms. The molecule has 2 aliphatic rings. The highest BCUT2D eigenvalue weighted by Crippen LogP contribution is 2.25. The smallest absolute Gasteiger partial charge is 0.257 e. The average molecular weight is 396 g/mol. The van der Waals surface area contributed by atoms with Crippen LogP contribution < -0.4 is 4.74 Å². The van der Waals surface area contributed by atoms with Crippen LogP contribution in [0.15, 0.2) is 48.7 Å². The number of pyridine rings is 1. The number of hydrogen-bond donors (Lipinski definition) is 0. The fourth-order valence-corrected chi connectivity index (χ4v) is 3.95. The van der Waals surface area contributed by atoms with Gasteiger partial charge in [0.1, 0.15) is 11.9 Å². The topological polar surface area (TPSA) is 54.9 Å². The summed E-state index contributed by atoms with van der Waals surface area (Å²) in [6.45, 7) is 5.52. The number of likely N-dealkylation sites (tertiary alicyclic amines) is 1. The molecular formula is C23H29N3O3. The third-order valence-corrected chi connectivity index (χ3v) is 5.57. The monoisotopic (exact) mass is 395 g/mol. The lowest BCUT2D eigenvalue weighted by molar-refractivity contribution is 0.0718. The summed E-state index contributed by atoms with van der Waals surface area (Å²) in [5, 5.41) is 0. The summed E-state index contributed by atoms with van der Waals surface area (Å²) >= 11 is 0. The van der Waals surface area contributed by atoms with Crippen molar-refractivity contribution in [2.45, 2.75) is 31.9 Å². The molecule has 0 saturated carbocycles. The number of hydrogen-bond acceptors (Lipinski definition) is 5. The van der Waals surface area contributed by atoms with Crippen molar-refractivity contribution in [1.82, 2.24) is 14.8 Å². The van der Waals surface area contributed by atoms with E-state index in [4.69, 9.17) is 9.47 Å². The fourth-order valence-electron chi connectivity index (χ4n) is 3.95. The standard InChI is InChI=1S/C23H29N3O3/c27-23(26-12-5-16-28-17-15-26)21-7-1-2-8-22(21)29-20-9-13-25(14-10-20)18-19-6-3-4-11-24-19/h1-4,6-8,11,20H,5,9-10,12-18H2. The van der Waals surface area contributed by atoms with Crippen LogP contribution in [-0.2, 0) is 11.3 Å². The van der Waals surface area contributed by atoms with Gasteiger partial charge in [-0.1, -0.05) is 18.2 Å². The zero-order chi connectivity index (χ0) is 19.9. The van der Waals surface area contributed by atoms with Crippen molar-refractivity contribution in [3.8, 4) is 5.75 Å². The van der Waals surface area contributed by atoms with Crippen LogP contribution in [0.25, 0.3) is 0 Å². The minimum Gasteiger partial charge on any atom is -0.489 e. The second-order valence-electron chi connectivity index (χ2n) is 7.67. The molecule has 0 bridgehead atoms. The van der Waals surface area contributed by atoms with E-state index in [9.17, 15) is 4.79 Å². The molecule has 6 nitrogen and oxygen atoms in total. The Morgan fingerprint density at radius 1 is 1.03 bits per heavy atom. The van der Waals surface area contributed by atoms with Crippen molar-refractivity contribution in [2.75, 3.05) is 39.4 Å². The lowest BCUT2D eigenvalue weighted by atomic mass is 10.1. The van der Waals surface area contributed by atoms with E-state index in [0.717, 1.165) is 57.7 Å². The maximum Gasteiger partial charge on any atom is 0.257 e. The highest BCUT2D eigenvalue weighted by molar-refractivity contribution is 5.97. The maximum atomic E-state index is 13.0. The molecule has 4 rings (SSSR count). The Labute approximate surface area is 172 Å². The summed E-state index contributed by atoms with van der Waals surface area (Å²) in [4.78, 5) is 21.8. The van der Waals surface area contributed by atoms with Gasteiger partial charge in [-0.2, -0.15) is 0 Å². The first kappa shape index (κ1) is 19.9.